The molecule has 5 aromatic rings. The number of para-hydroxylation sites is 1. The van der Waals surface area contributed by atoms with Crippen LogP contribution in [0.4, 0.5) is 18.9 Å². The highest BCUT2D eigenvalue weighted by Gasteiger charge is 2.35. The van der Waals surface area contributed by atoms with Gasteiger partial charge in [-0.05, 0) is 76.6 Å². The topological polar surface area (TPSA) is 55.7 Å². The average molecular weight is 569 g/mol. The number of nitrogens with two attached hydrogens (primary N) is 1. The number of aromatic nitrogens is 1. The van der Waals surface area contributed by atoms with Gasteiger partial charge in [0.1, 0.15) is 0 Å². The fourth-order valence-electron chi connectivity index (χ4n) is 5.18. The Morgan fingerprint density at radius 2 is 1.26 bits per heavy atom. The molecule has 7 heteroatoms. The smallest absolute Gasteiger partial charge is 0.390 e. The van der Waals surface area contributed by atoms with E-state index in [2.05, 4.69) is 63.7 Å². The molecule has 0 amide bonds. The van der Waals surface area contributed by atoms with Crippen molar-refractivity contribution in [3.63, 3.8) is 0 Å². The predicted molar refractivity (Wildman–Crippen MR) is 169 cm³/mol. The quantitative estimate of drug-likeness (QED) is 0.171. The Morgan fingerprint density at radius 1 is 0.714 bits per heavy atom. The van der Waals surface area contributed by atoms with Gasteiger partial charge in [0, 0.05) is 16.3 Å². The zero-order valence-corrected chi connectivity index (χ0v) is 24.7. The van der Waals surface area contributed by atoms with Gasteiger partial charge in [0.05, 0.1) is 34.3 Å². The molecule has 0 spiro atoms. The molecule has 2 N–H and O–H groups in total. The number of amidine groups is 1. The van der Waals surface area contributed by atoms with Crippen molar-refractivity contribution in [2.45, 2.75) is 58.5 Å². The lowest BCUT2D eigenvalue weighted by atomic mass is 9.85. The summed E-state index contributed by atoms with van der Waals surface area (Å²) in [5.41, 5.74) is 8.98. The van der Waals surface area contributed by atoms with Gasteiger partial charge < -0.3 is 10.3 Å². The van der Waals surface area contributed by atoms with Crippen LogP contribution in [0.15, 0.2) is 94.9 Å². The second kappa shape index (κ2) is 10.5. The van der Waals surface area contributed by atoms with Gasteiger partial charge in [-0.1, -0.05) is 71.9 Å². The molecule has 1 heterocycles. The number of halogens is 3. The SMILES string of the molecule is CC(C)(C)c1ccc2c(c1)c1cc(C(C)(C)C)ccc1n2-c1ccc(C(N=CN)=Nc2ccccc2)cc1C(F)(F)F. The summed E-state index contributed by atoms with van der Waals surface area (Å²) in [5.74, 6) is 0.0904. The standard InChI is InChI=1S/C35H35F3N4/c1-33(2,3)23-13-16-29-26(19-23)27-20-24(34(4,5)6)14-17-30(27)42(29)31-15-12-22(18-28(31)35(36,37)38)32(40-21-39)41-25-10-8-7-9-11-25/h7-21H,1-6H3,(H2,39,40,41). The molecule has 0 atom stereocenters. The van der Waals surface area contributed by atoms with Gasteiger partial charge in [-0.25, -0.2) is 9.98 Å². The summed E-state index contributed by atoms with van der Waals surface area (Å²) in [6.45, 7) is 12.8. The van der Waals surface area contributed by atoms with Gasteiger partial charge in [-0.15, -0.1) is 0 Å². The fourth-order valence-corrected chi connectivity index (χ4v) is 5.18. The molecule has 4 nitrogen and oxygen atoms in total. The summed E-state index contributed by atoms with van der Waals surface area (Å²) < 4.78 is 46.2. The van der Waals surface area contributed by atoms with E-state index >= 15 is 0 Å². The molecular weight excluding hydrogens is 533 g/mol. The molecule has 0 saturated heterocycles. The van der Waals surface area contributed by atoms with Gasteiger partial charge >= 0.3 is 6.18 Å². The summed E-state index contributed by atoms with van der Waals surface area (Å²) in [6, 6.07) is 25.3. The van der Waals surface area contributed by atoms with Crippen LogP contribution in [0, 0.1) is 0 Å². The van der Waals surface area contributed by atoms with Crippen LogP contribution in [0.5, 0.6) is 0 Å². The van der Waals surface area contributed by atoms with E-state index in [4.69, 9.17) is 5.73 Å². The molecule has 216 valence electrons. The lowest BCUT2D eigenvalue weighted by molar-refractivity contribution is -0.137. The van der Waals surface area contributed by atoms with Crippen LogP contribution in [0.2, 0.25) is 0 Å². The monoisotopic (exact) mass is 568 g/mol. The molecule has 4 aromatic carbocycles. The average Bonchev–Trinajstić information content (AvgIpc) is 3.25. The molecule has 0 bridgehead atoms. The van der Waals surface area contributed by atoms with Crippen molar-refractivity contribution < 1.29 is 13.2 Å². The fraction of sp³-hybridized carbons (Fsp3) is 0.257. The molecule has 0 aliphatic heterocycles. The minimum absolute atomic E-state index is 0.0362. The number of alkyl halides is 3. The van der Waals surface area contributed by atoms with Crippen molar-refractivity contribution in [3.05, 3.63) is 107 Å². The van der Waals surface area contributed by atoms with Crippen molar-refractivity contribution in [3.8, 4) is 5.69 Å². The Hall–Kier alpha value is -4.39. The van der Waals surface area contributed by atoms with Crippen LogP contribution in [0.25, 0.3) is 27.5 Å². The van der Waals surface area contributed by atoms with Gasteiger partial charge in [0.25, 0.3) is 0 Å². The third kappa shape index (κ3) is 5.56. The first kappa shape index (κ1) is 29.1. The number of benzene rings is 4. The summed E-state index contributed by atoms with van der Waals surface area (Å²) in [7, 11) is 0. The van der Waals surface area contributed by atoms with Crippen molar-refractivity contribution >= 4 is 39.7 Å². The minimum Gasteiger partial charge on any atom is -0.390 e. The van der Waals surface area contributed by atoms with Crippen LogP contribution in [-0.2, 0) is 17.0 Å². The Balaban J connectivity index is 1.82. The van der Waals surface area contributed by atoms with E-state index in [1.54, 1.807) is 34.9 Å². The van der Waals surface area contributed by atoms with E-state index in [-0.39, 0.29) is 27.9 Å². The summed E-state index contributed by atoms with van der Waals surface area (Å²) in [6.07, 6.45) is -3.61. The van der Waals surface area contributed by atoms with Gasteiger partial charge in [-0.3, -0.25) is 0 Å². The molecule has 0 radical (unpaired) electrons. The number of hydrogen-bond acceptors (Lipinski definition) is 1. The van der Waals surface area contributed by atoms with E-state index in [0.717, 1.165) is 34.3 Å². The Morgan fingerprint density at radius 3 is 1.74 bits per heavy atom. The van der Waals surface area contributed by atoms with Crippen LogP contribution in [0.3, 0.4) is 0 Å². The normalized spacial score (nSPS) is 13.5. The van der Waals surface area contributed by atoms with E-state index < -0.39 is 11.7 Å². The maximum Gasteiger partial charge on any atom is 0.418 e. The first-order chi connectivity index (χ1) is 19.7. The van der Waals surface area contributed by atoms with E-state index in [0.29, 0.717) is 16.7 Å². The maximum absolute atomic E-state index is 14.8. The van der Waals surface area contributed by atoms with E-state index in [1.165, 1.54) is 6.07 Å². The molecule has 42 heavy (non-hydrogen) atoms. The molecule has 5 rings (SSSR count). The lowest BCUT2D eigenvalue weighted by Crippen LogP contribution is -2.13. The van der Waals surface area contributed by atoms with Crippen LogP contribution < -0.4 is 5.73 Å². The summed E-state index contributed by atoms with van der Waals surface area (Å²) in [5, 5.41) is 1.83. The molecular formula is C35H35F3N4. The Kier molecular flexibility index (Phi) is 7.25. The molecule has 0 aliphatic rings. The van der Waals surface area contributed by atoms with Crippen molar-refractivity contribution in [2.24, 2.45) is 15.7 Å². The summed E-state index contributed by atoms with van der Waals surface area (Å²) in [4.78, 5) is 8.56. The number of hydrogen-bond donors (Lipinski definition) is 1. The number of nitrogens with zero attached hydrogens (tertiary/aromatic N) is 3. The molecule has 0 saturated carbocycles. The van der Waals surface area contributed by atoms with Gasteiger partial charge in [-0.2, -0.15) is 13.2 Å². The van der Waals surface area contributed by atoms with Crippen LogP contribution in [-0.4, -0.2) is 16.7 Å². The third-order valence-electron chi connectivity index (χ3n) is 7.49. The minimum atomic E-state index is -4.64. The Bertz CT molecular complexity index is 1760. The molecule has 0 unspecified atom stereocenters. The highest BCUT2D eigenvalue weighted by Crippen LogP contribution is 2.41. The van der Waals surface area contributed by atoms with Gasteiger partial charge in [0.2, 0.25) is 0 Å². The predicted octanol–water partition coefficient (Wildman–Crippen LogP) is 9.46. The zero-order valence-electron chi connectivity index (χ0n) is 24.7. The number of rotatable bonds is 3. The molecule has 1 aromatic heterocycles. The second-order valence-corrected chi connectivity index (χ2v) is 12.6. The summed E-state index contributed by atoms with van der Waals surface area (Å²) >= 11 is 0. The lowest BCUT2D eigenvalue weighted by Gasteiger charge is -2.20. The number of fused-ring (bicyclic) bond motifs is 3. The maximum atomic E-state index is 14.8. The van der Waals surface area contributed by atoms with Crippen LogP contribution in [0.1, 0.15) is 63.8 Å². The largest absolute Gasteiger partial charge is 0.418 e. The zero-order chi connectivity index (χ0) is 30.4. The first-order valence-electron chi connectivity index (χ1n) is 13.9. The second-order valence-electron chi connectivity index (χ2n) is 12.6. The van der Waals surface area contributed by atoms with Gasteiger partial charge in [0.15, 0.2) is 5.84 Å². The molecule has 0 fully saturated rings. The third-order valence-corrected chi connectivity index (χ3v) is 7.49. The highest BCUT2D eigenvalue weighted by molar-refractivity contribution is 6.10. The van der Waals surface area contributed by atoms with E-state index in [9.17, 15) is 13.2 Å². The highest BCUT2D eigenvalue weighted by atomic mass is 19.4. The number of aliphatic imine (C=N–C) groups is 2. The van der Waals surface area contributed by atoms with Crippen molar-refractivity contribution in [1.82, 2.24) is 4.57 Å². The van der Waals surface area contributed by atoms with Crippen molar-refractivity contribution in [2.75, 3.05) is 0 Å². The Labute approximate surface area is 244 Å². The van der Waals surface area contributed by atoms with Crippen LogP contribution >= 0.6 is 0 Å². The van der Waals surface area contributed by atoms with E-state index in [1.807, 2.05) is 30.3 Å². The molecule has 0 aliphatic carbocycles. The first-order valence-corrected chi connectivity index (χ1v) is 13.9. The van der Waals surface area contributed by atoms with Crippen molar-refractivity contribution in [1.29, 1.82) is 0 Å².